The SMILES string of the molecule is Cl.OC(CN1CCCCC1)Cn1c2ccc(Br)cc2c2cc(Br)ccc21. The molecule has 1 fully saturated rings. The molecule has 1 N–H and O–H groups in total. The summed E-state index contributed by atoms with van der Waals surface area (Å²) >= 11 is 7.17. The van der Waals surface area contributed by atoms with Crippen LogP contribution in [0.5, 0.6) is 0 Å². The van der Waals surface area contributed by atoms with Gasteiger partial charge in [0.1, 0.15) is 0 Å². The van der Waals surface area contributed by atoms with Gasteiger partial charge in [0.25, 0.3) is 0 Å². The summed E-state index contributed by atoms with van der Waals surface area (Å²) in [7, 11) is 0. The van der Waals surface area contributed by atoms with Crippen molar-refractivity contribution in [2.45, 2.75) is 31.9 Å². The molecule has 0 aliphatic carbocycles. The van der Waals surface area contributed by atoms with E-state index < -0.39 is 0 Å². The maximum atomic E-state index is 10.7. The maximum Gasteiger partial charge on any atom is 0.0845 e. The standard InChI is InChI=1S/C20H22Br2N2O.ClH/c21-14-4-6-19-17(10-14)18-11-15(22)5-7-20(18)24(19)13-16(25)12-23-8-2-1-3-9-23;/h4-7,10-11,16,25H,1-3,8-9,12-13H2;1H. The number of piperidine rings is 1. The number of hydrogen-bond acceptors (Lipinski definition) is 2. The van der Waals surface area contributed by atoms with Gasteiger partial charge in [0.15, 0.2) is 0 Å². The van der Waals surface area contributed by atoms with Crippen molar-refractivity contribution in [1.82, 2.24) is 9.47 Å². The lowest BCUT2D eigenvalue weighted by Crippen LogP contribution is -2.38. The van der Waals surface area contributed by atoms with Crippen molar-refractivity contribution in [3.8, 4) is 0 Å². The zero-order valence-corrected chi connectivity index (χ0v) is 18.5. The minimum Gasteiger partial charge on any atom is -0.390 e. The summed E-state index contributed by atoms with van der Waals surface area (Å²) in [6, 6.07) is 12.8. The molecule has 1 aliphatic heterocycles. The van der Waals surface area contributed by atoms with Crippen molar-refractivity contribution in [1.29, 1.82) is 0 Å². The smallest absolute Gasteiger partial charge is 0.0845 e. The second kappa shape index (κ2) is 8.61. The van der Waals surface area contributed by atoms with Crippen LogP contribution in [0.3, 0.4) is 0 Å². The topological polar surface area (TPSA) is 28.4 Å². The molecule has 6 heteroatoms. The molecule has 4 rings (SSSR count). The lowest BCUT2D eigenvalue weighted by molar-refractivity contribution is 0.0901. The summed E-state index contributed by atoms with van der Waals surface area (Å²) in [4.78, 5) is 2.40. The molecule has 3 nitrogen and oxygen atoms in total. The van der Waals surface area contributed by atoms with Gasteiger partial charge in [0, 0.05) is 37.3 Å². The average molecular weight is 503 g/mol. The fourth-order valence-corrected chi connectivity index (χ4v) is 4.68. The Hall–Kier alpha value is -0.590. The zero-order valence-electron chi connectivity index (χ0n) is 14.5. The lowest BCUT2D eigenvalue weighted by Gasteiger charge is -2.28. The first-order valence-corrected chi connectivity index (χ1v) is 10.5. The van der Waals surface area contributed by atoms with E-state index in [2.05, 4.69) is 77.7 Å². The first-order chi connectivity index (χ1) is 12.1. The molecular formula is C20H23Br2ClN2O. The highest BCUT2D eigenvalue weighted by atomic mass is 79.9. The van der Waals surface area contributed by atoms with Gasteiger partial charge in [-0.15, -0.1) is 12.4 Å². The Labute approximate surface area is 177 Å². The summed E-state index contributed by atoms with van der Waals surface area (Å²) in [5.41, 5.74) is 2.35. The van der Waals surface area contributed by atoms with Crippen molar-refractivity contribution in [2.24, 2.45) is 0 Å². The van der Waals surface area contributed by atoms with Crippen molar-refractivity contribution in [3.63, 3.8) is 0 Å². The van der Waals surface area contributed by atoms with E-state index >= 15 is 0 Å². The van der Waals surface area contributed by atoms with E-state index in [-0.39, 0.29) is 18.5 Å². The second-order valence-corrected chi connectivity index (χ2v) is 8.78. The predicted molar refractivity (Wildman–Crippen MR) is 118 cm³/mol. The van der Waals surface area contributed by atoms with Crippen LogP contribution >= 0.6 is 44.3 Å². The van der Waals surface area contributed by atoms with Gasteiger partial charge in [-0.3, -0.25) is 0 Å². The average Bonchev–Trinajstić information content (AvgIpc) is 2.88. The number of aromatic nitrogens is 1. The summed E-state index contributed by atoms with van der Waals surface area (Å²) < 4.78 is 4.42. The minimum absolute atomic E-state index is 0. The number of aliphatic hydroxyl groups excluding tert-OH is 1. The lowest BCUT2D eigenvalue weighted by atomic mass is 10.1. The molecule has 2 heterocycles. The Bertz CT molecular complexity index is 846. The van der Waals surface area contributed by atoms with Gasteiger partial charge in [0.2, 0.25) is 0 Å². The Morgan fingerprint density at radius 2 is 1.38 bits per heavy atom. The molecule has 26 heavy (non-hydrogen) atoms. The van der Waals surface area contributed by atoms with Crippen LogP contribution in [0.15, 0.2) is 45.3 Å². The molecule has 0 saturated carbocycles. The number of fused-ring (bicyclic) bond motifs is 3. The van der Waals surface area contributed by atoms with Gasteiger partial charge in [-0.05, 0) is 62.3 Å². The quantitative estimate of drug-likeness (QED) is 0.504. The molecule has 3 aromatic rings. The number of benzene rings is 2. The Morgan fingerprint density at radius 1 is 0.846 bits per heavy atom. The molecular weight excluding hydrogens is 479 g/mol. The van der Waals surface area contributed by atoms with E-state index in [1.807, 2.05) is 0 Å². The van der Waals surface area contributed by atoms with Crippen LogP contribution in [0.2, 0.25) is 0 Å². The molecule has 0 spiro atoms. The number of aliphatic hydroxyl groups is 1. The summed E-state index contributed by atoms with van der Waals surface area (Å²) in [6.45, 7) is 3.61. The third-order valence-electron chi connectivity index (χ3n) is 5.10. The first kappa shape index (κ1) is 20.2. The van der Waals surface area contributed by atoms with Crippen molar-refractivity contribution >= 4 is 66.1 Å². The molecule has 1 aromatic heterocycles. The van der Waals surface area contributed by atoms with Gasteiger partial charge in [-0.25, -0.2) is 0 Å². The number of hydrogen-bond donors (Lipinski definition) is 1. The molecule has 0 bridgehead atoms. The zero-order chi connectivity index (χ0) is 17.4. The number of likely N-dealkylation sites (tertiary alicyclic amines) is 1. The Balaban J connectivity index is 0.00000196. The summed E-state index contributed by atoms with van der Waals surface area (Å²) in [5.74, 6) is 0. The van der Waals surface area contributed by atoms with Crippen LogP contribution in [0.4, 0.5) is 0 Å². The summed E-state index contributed by atoms with van der Waals surface area (Å²) in [6.07, 6.45) is 3.47. The third kappa shape index (κ3) is 4.12. The van der Waals surface area contributed by atoms with Crippen molar-refractivity contribution in [2.75, 3.05) is 19.6 Å². The van der Waals surface area contributed by atoms with Gasteiger partial charge in [0.05, 0.1) is 12.6 Å². The minimum atomic E-state index is -0.357. The fourth-order valence-electron chi connectivity index (χ4n) is 3.95. The second-order valence-electron chi connectivity index (χ2n) is 6.95. The van der Waals surface area contributed by atoms with E-state index in [0.29, 0.717) is 6.54 Å². The van der Waals surface area contributed by atoms with E-state index in [9.17, 15) is 5.11 Å². The molecule has 1 saturated heterocycles. The molecule has 1 aliphatic rings. The van der Waals surface area contributed by atoms with E-state index in [4.69, 9.17) is 0 Å². The molecule has 0 radical (unpaired) electrons. The normalized spacial score (nSPS) is 16.7. The van der Waals surface area contributed by atoms with Crippen LogP contribution in [0.25, 0.3) is 21.8 Å². The van der Waals surface area contributed by atoms with Crippen molar-refractivity contribution < 1.29 is 5.11 Å². The van der Waals surface area contributed by atoms with Gasteiger partial charge in [-0.1, -0.05) is 38.3 Å². The van der Waals surface area contributed by atoms with E-state index in [1.165, 1.54) is 41.1 Å². The molecule has 1 atom stereocenters. The highest BCUT2D eigenvalue weighted by Crippen LogP contribution is 2.33. The monoisotopic (exact) mass is 500 g/mol. The van der Waals surface area contributed by atoms with Crippen LogP contribution in [-0.2, 0) is 6.54 Å². The largest absolute Gasteiger partial charge is 0.390 e. The van der Waals surface area contributed by atoms with Crippen LogP contribution in [0.1, 0.15) is 19.3 Å². The van der Waals surface area contributed by atoms with Gasteiger partial charge < -0.3 is 14.6 Å². The van der Waals surface area contributed by atoms with Crippen LogP contribution in [0, 0.1) is 0 Å². The van der Waals surface area contributed by atoms with E-state index in [0.717, 1.165) is 28.6 Å². The third-order valence-corrected chi connectivity index (χ3v) is 6.09. The van der Waals surface area contributed by atoms with Crippen LogP contribution in [-0.4, -0.2) is 40.3 Å². The number of halogens is 3. The predicted octanol–water partition coefficient (Wildman–Crippen LogP) is 5.59. The fraction of sp³-hybridized carbons (Fsp3) is 0.400. The maximum absolute atomic E-state index is 10.7. The highest BCUT2D eigenvalue weighted by Gasteiger charge is 2.18. The summed E-state index contributed by atoms with van der Waals surface area (Å²) in [5, 5.41) is 13.2. The van der Waals surface area contributed by atoms with Gasteiger partial charge in [-0.2, -0.15) is 0 Å². The Kier molecular flexibility index (Phi) is 6.68. The molecule has 140 valence electrons. The van der Waals surface area contributed by atoms with Gasteiger partial charge >= 0.3 is 0 Å². The molecule has 2 aromatic carbocycles. The van der Waals surface area contributed by atoms with Crippen molar-refractivity contribution in [3.05, 3.63) is 45.3 Å². The first-order valence-electron chi connectivity index (χ1n) is 8.89. The molecule has 0 amide bonds. The number of rotatable bonds is 4. The number of nitrogens with zero attached hydrogens (tertiary/aromatic N) is 2. The number of β-amino-alcohol motifs (C(OH)–C–C–N with tert-alkyl or cyclic N) is 1. The van der Waals surface area contributed by atoms with Crippen LogP contribution < -0.4 is 0 Å². The Morgan fingerprint density at radius 3 is 1.92 bits per heavy atom. The highest BCUT2D eigenvalue weighted by molar-refractivity contribution is 9.10. The van der Waals surface area contributed by atoms with E-state index in [1.54, 1.807) is 0 Å². The molecule has 1 unspecified atom stereocenters.